The van der Waals surface area contributed by atoms with Crippen molar-refractivity contribution in [3.63, 3.8) is 0 Å². The lowest BCUT2D eigenvalue weighted by Crippen LogP contribution is -2.03. The lowest BCUT2D eigenvalue weighted by molar-refractivity contribution is 0.315. The van der Waals surface area contributed by atoms with Gasteiger partial charge in [0.25, 0.3) is 0 Å². The van der Waals surface area contributed by atoms with Crippen molar-refractivity contribution >= 4 is 44.9 Å². The van der Waals surface area contributed by atoms with Crippen molar-refractivity contribution in [2.24, 2.45) is 0 Å². The van der Waals surface area contributed by atoms with Crippen LogP contribution >= 0.6 is 11.8 Å². The Balaban J connectivity index is 1.52. The van der Waals surface area contributed by atoms with Gasteiger partial charge in [-0.1, -0.05) is 36.0 Å². The van der Waals surface area contributed by atoms with Crippen LogP contribution in [0.1, 0.15) is 25.5 Å². The van der Waals surface area contributed by atoms with Crippen LogP contribution in [-0.2, 0) is 5.75 Å². The van der Waals surface area contributed by atoms with E-state index in [4.69, 9.17) is 9.61 Å². The number of aromatic nitrogens is 6. The highest BCUT2D eigenvalue weighted by molar-refractivity contribution is 7.98. The Morgan fingerprint density at radius 3 is 2.78 bits per heavy atom. The van der Waals surface area contributed by atoms with Gasteiger partial charge in [0.05, 0.1) is 5.52 Å². The lowest BCUT2D eigenvalue weighted by atomic mass is 10.2. The zero-order valence-electron chi connectivity index (χ0n) is 14.8. The first-order valence-electron chi connectivity index (χ1n) is 8.68. The average Bonchev–Trinajstić information content (AvgIpc) is 3.27. The molecule has 3 aromatic heterocycles. The van der Waals surface area contributed by atoms with Crippen LogP contribution in [0, 0.1) is 0 Å². The third-order valence-electron chi connectivity index (χ3n) is 4.50. The van der Waals surface area contributed by atoms with E-state index in [1.165, 1.54) is 0 Å². The molecule has 0 aliphatic rings. The van der Waals surface area contributed by atoms with Gasteiger partial charge >= 0.3 is 0 Å². The van der Waals surface area contributed by atoms with Crippen LogP contribution in [0.2, 0.25) is 0 Å². The molecule has 27 heavy (non-hydrogen) atoms. The van der Waals surface area contributed by atoms with Crippen LogP contribution in [0.4, 0.5) is 0 Å². The monoisotopic (exact) mass is 376 g/mol. The largest absolute Gasteiger partial charge is 0.321 e. The Labute approximate surface area is 158 Å². The van der Waals surface area contributed by atoms with Crippen LogP contribution < -0.4 is 0 Å². The summed E-state index contributed by atoms with van der Waals surface area (Å²) >= 11 is 1.55. The summed E-state index contributed by atoms with van der Waals surface area (Å²) in [4.78, 5) is 4.81. The Morgan fingerprint density at radius 2 is 1.89 bits per heavy atom. The van der Waals surface area contributed by atoms with Gasteiger partial charge in [-0.05, 0) is 47.9 Å². The van der Waals surface area contributed by atoms with Gasteiger partial charge in [-0.25, -0.2) is 9.61 Å². The molecule has 0 N–H and O–H groups in total. The summed E-state index contributed by atoms with van der Waals surface area (Å²) in [5, 5.41) is 18.3. The Kier molecular flexibility index (Phi) is 3.78. The minimum Gasteiger partial charge on any atom is -0.321 e. The van der Waals surface area contributed by atoms with E-state index in [1.807, 2.05) is 30.3 Å². The molecule has 8 heteroatoms. The minimum absolute atomic E-state index is 0.282. The molecule has 0 aliphatic carbocycles. The Bertz CT molecular complexity index is 1280. The van der Waals surface area contributed by atoms with Crippen molar-refractivity contribution in [3.8, 4) is 0 Å². The van der Waals surface area contributed by atoms with Crippen molar-refractivity contribution in [2.45, 2.75) is 30.8 Å². The number of hydrogen-bond donors (Lipinski definition) is 0. The van der Waals surface area contributed by atoms with E-state index in [2.05, 4.69) is 51.1 Å². The molecule has 0 radical (unpaired) electrons. The highest BCUT2D eigenvalue weighted by Crippen LogP contribution is 2.30. The first-order valence-corrected chi connectivity index (χ1v) is 9.66. The van der Waals surface area contributed by atoms with E-state index >= 15 is 0 Å². The van der Waals surface area contributed by atoms with Gasteiger partial charge in [-0.15, -0.1) is 10.2 Å². The fraction of sp³-hybridized carbons (Fsp3) is 0.211. The van der Waals surface area contributed by atoms with Gasteiger partial charge in [0.15, 0.2) is 5.65 Å². The van der Waals surface area contributed by atoms with Crippen molar-refractivity contribution in [1.29, 1.82) is 0 Å². The van der Waals surface area contributed by atoms with Gasteiger partial charge in [-0.2, -0.15) is 0 Å². The second-order valence-electron chi connectivity index (χ2n) is 6.62. The molecule has 0 saturated carbocycles. The highest BCUT2D eigenvalue weighted by Gasteiger charge is 2.16. The molecule has 5 aromatic rings. The number of hydrogen-bond acceptors (Lipinski definition) is 7. The third kappa shape index (κ3) is 2.73. The molecule has 0 bridgehead atoms. The molecular formula is C19H16N6OS. The molecule has 7 nitrogen and oxygen atoms in total. The third-order valence-corrected chi connectivity index (χ3v) is 5.41. The smallest absolute Gasteiger partial charge is 0.211 e. The quantitative estimate of drug-likeness (QED) is 0.430. The molecule has 0 fully saturated rings. The molecule has 2 aromatic carbocycles. The standard InChI is InChI=1S/C19H16N6OS/c1-11(2)25-16-6-4-3-5-13(16)17-18(25)20-19(22-21-17)27-10-12-7-8-14-15(9-12)24-26-23-14/h3-9,11H,10H2,1-2H3. The van der Waals surface area contributed by atoms with Crippen LogP contribution in [0.3, 0.4) is 0 Å². The average molecular weight is 376 g/mol. The summed E-state index contributed by atoms with van der Waals surface area (Å²) < 4.78 is 6.97. The molecular weight excluding hydrogens is 360 g/mol. The van der Waals surface area contributed by atoms with E-state index in [0.717, 1.165) is 44.4 Å². The topological polar surface area (TPSA) is 82.5 Å². The maximum absolute atomic E-state index is 4.81. The first kappa shape index (κ1) is 16.2. The molecule has 0 amide bonds. The number of thioether (sulfide) groups is 1. The molecule has 0 spiro atoms. The number of para-hydroxylation sites is 1. The minimum atomic E-state index is 0.282. The summed E-state index contributed by atoms with van der Waals surface area (Å²) in [5.74, 6) is 0.720. The molecule has 0 saturated heterocycles. The summed E-state index contributed by atoms with van der Waals surface area (Å²) in [6.07, 6.45) is 0. The molecule has 0 aliphatic heterocycles. The first-order chi connectivity index (χ1) is 13.2. The zero-order valence-corrected chi connectivity index (χ0v) is 15.6. The van der Waals surface area contributed by atoms with E-state index in [-0.39, 0.29) is 6.04 Å². The van der Waals surface area contributed by atoms with Crippen LogP contribution in [0.5, 0.6) is 0 Å². The maximum Gasteiger partial charge on any atom is 0.211 e. The molecule has 5 rings (SSSR count). The highest BCUT2D eigenvalue weighted by atomic mass is 32.2. The zero-order chi connectivity index (χ0) is 18.4. The van der Waals surface area contributed by atoms with Gasteiger partial charge in [0.1, 0.15) is 16.6 Å². The van der Waals surface area contributed by atoms with Gasteiger partial charge in [0, 0.05) is 17.2 Å². The molecule has 3 heterocycles. The number of benzene rings is 2. The Morgan fingerprint density at radius 1 is 1.04 bits per heavy atom. The SMILES string of the molecule is CC(C)n1c2ccccc2c2nnc(SCc3ccc4nonc4c3)nc21. The normalized spacial score (nSPS) is 12.0. The van der Waals surface area contributed by atoms with Gasteiger partial charge in [0.2, 0.25) is 5.16 Å². The van der Waals surface area contributed by atoms with Crippen molar-refractivity contribution in [1.82, 2.24) is 30.1 Å². The van der Waals surface area contributed by atoms with Gasteiger partial charge < -0.3 is 4.57 Å². The van der Waals surface area contributed by atoms with Gasteiger partial charge in [-0.3, -0.25) is 0 Å². The van der Waals surface area contributed by atoms with Crippen LogP contribution in [0.25, 0.3) is 33.1 Å². The molecule has 0 atom stereocenters. The van der Waals surface area contributed by atoms with Crippen molar-refractivity contribution < 1.29 is 4.63 Å². The van der Waals surface area contributed by atoms with E-state index in [9.17, 15) is 0 Å². The Hall–Kier alpha value is -3.00. The summed E-state index contributed by atoms with van der Waals surface area (Å²) in [6.45, 7) is 4.31. The summed E-state index contributed by atoms with van der Waals surface area (Å²) in [6, 6.07) is 14.4. The van der Waals surface area contributed by atoms with E-state index in [0.29, 0.717) is 5.16 Å². The predicted octanol–water partition coefficient (Wildman–Crippen LogP) is 4.39. The fourth-order valence-corrected chi connectivity index (χ4v) is 4.02. The van der Waals surface area contributed by atoms with Crippen molar-refractivity contribution in [3.05, 3.63) is 48.0 Å². The second kappa shape index (κ2) is 6.31. The molecule has 134 valence electrons. The predicted molar refractivity (Wildman–Crippen MR) is 105 cm³/mol. The molecule has 0 unspecified atom stereocenters. The van der Waals surface area contributed by atoms with E-state index < -0.39 is 0 Å². The fourth-order valence-electron chi connectivity index (χ4n) is 3.29. The number of nitrogens with zero attached hydrogens (tertiary/aromatic N) is 6. The summed E-state index contributed by atoms with van der Waals surface area (Å²) in [5.41, 5.74) is 5.47. The van der Waals surface area contributed by atoms with E-state index in [1.54, 1.807) is 11.8 Å². The number of rotatable bonds is 4. The number of fused-ring (bicyclic) bond motifs is 4. The van der Waals surface area contributed by atoms with Crippen LogP contribution in [-0.4, -0.2) is 30.1 Å². The second-order valence-corrected chi connectivity index (χ2v) is 7.57. The van der Waals surface area contributed by atoms with Crippen molar-refractivity contribution in [2.75, 3.05) is 0 Å². The maximum atomic E-state index is 4.81. The lowest BCUT2D eigenvalue weighted by Gasteiger charge is -2.10. The van der Waals surface area contributed by atoms with Crippen LogP contribution in [0.15, 0.2) is 52.3 Å². The summed E-state index contributed by atoms with van der Waals surface area (Å²) in [7, 11) is 0.